The average Bonchev–Trinajstić information content (AvgIpc) is 2.87. The number of hydrogen-bond donors (Lipinski definition) is 3. The molecule has 0 aliphatic heterocycles. The molecule has 0 saturated carbocycles. The molecular weight excluding hydrogens is 270 g/mol. The maximum atomic E-state index is 11.5. The molecule has 0 fully saturated rings. The number of hydrogen-bond acceptors (Lipinski definition) is 5. The van der Waals surface area contributed by atoms with Crippen molar-refractivity contribution >= 4 is 29.2 Å². The van der Waals surface area contributed by atoms with Crippen LogP contribution in [-0.4, -0.2) is 28.0 Å². The number of thiazole rings is 1. The van der Waals surface area contributed by atoms with Gasteiger partial charge in [0.25, 0.3) is 5.91 Å². The van der Waals surface area contributed by atoms with Gasteiger partial charge in [0.2, 0.25) is 0 Å². The number of nitrogens with zero attached hydrogens (tertiary/aromatic N) is 1. The van der Waals surface area contributed by atoms with Crippen molar-refractivity contribution in [2.24, 2.45) is 0 Å². The van der Waals surface area contributed by atoms with Crippen LogP contribution in [0, 0.1) is 0 Å². The molecule has 1 aromatic rings. The molecule has 7 nitrogen and oxygen atoms in total. The van der Waals surface area contributed by atoms with Gasteiger partial charge in [-0.3, -0.25) is 10.1 Å². The third-order valence-corrected chi connectivity index (χ3v) is 2.97. The summed E-state index contributed by atoms with van der Waals surface area (Å²) in [5.41, 5.74) is 0. The quantitative estimate of drug-likeness (QED) is 0.700. The maximum absolute atomic E-state index is 11.5. The van der Waals surface area contributed by atoms with Crippen LogP contribution in [0.5, 0.6) is 0 Å². The molecule has 1 aromatic heterocycles. The lowest BCUT2D eigenvalue weighted by molar-refractivity contribution is -0.131. The van der Waals surface area contributed by atoms with E-state index in [1.165, 1.54) is 11.3 Å². The van der Waals surface area contributed by atoms with Crippen molar-refractivity contribution < 1.29 is 19.5 Å². The molecular formula is C11H13N3O4S. The van der Waals surface area contributed by atoms with Crippen molar-refractivity contribution in [1.29, 1.82) is 0 Å². The van der Waals surface area contributed by atoms with E-state index in [0.29, 0.717) is 12.5 Å². The number of nitrogens with one attached hydrogen (secondary N) is 2. The summed E-state index contributed by atoms with van der Waals surface area (Å²) in [4.78, 5) is 37.0. The Morgan fingerprint density at radius 2 is 2.21 bits per heavy atom. The van der Waals surface area contributed by atoms with Crippen molar-refractivity contribution in [2.45, 2.75) is 19.4 Å². The van der Waals surface area contributed by atoms with E-state index in [1.54, 1.807) is 11.6 Å². The number of aromatic nitrogens is 1. The summed E-state index contributed by atoms with van der Waals surface area (Å²) in [7, 11) is 0. The summed E-state index contributed by atoms with van der Waals surface area (Å²) in [6.07, 6.45) is 3.68. The number of aliphatic carboxylic acids is 1. The minimum Gasteiger partial charge on any atom is -0.478 e. The lowest BCUT2D eigenvalue weighted by atomic mass is 10.2. The molecule has 3 N–H and O–H groups in total. The van der Waals surface area contributed by atoms with Gasteiger partial charge in [-0.05, 0) is 6.42 Å². The fourth-order valence-electron chi connectivity index (χ4n) is 1.24. The van der Waals surface area contributed by atoms with E-state index < -0.39 is 17.9 Å². The molecule has 0 radical (unpaired) electrons. The van der Waals surface area contributed by atoms with Gasteiger partial charge in [-0.25, -0.2) is 14.6 Å². The van der Waals surface area contributed by atoms with Crippen LogP contribution in [0.15, 0.2) is 23.7 Å². The van der Waals surface area contributed by atoms with Gasteiger partial charge in [-0.1, -0.05) is 6.92 Å². The topological polar surface area (TPSA) is 108 Å². The molecule has 1 unspecified atom stereocenters. The van der Waals surface area contributed by atoms with E-state index in [2.05, 4.69) is 10.3 Å². The zero-order valence-corrected chi connectivity index (χ0v) is 10.9. The van der Waals surface area contributed by atoms with E-state index in [4.69, 9.17) is 5.11 Å². The zero-order valence-electron chi connectivity index (χ0n) is 10.1. The number of carboxylic acids is 1. The Hall–Kier alpha value is -2.22. The number of carboxylic acid groups (broad SMARTS) is 1. The van der Waals surface area contributed by atoms with Gasteiger partial charge in [0.05, 0.1) is 6.04 Å². The second kappa shape index (κ2) is 7.27. The first-order chi connectivity index (χ1) is 9.02. The predicted molar refractivity (Wildman–Crippen MR) is 68.6 cm³/mol. The highest BCUT2D eigenvalue weighted by Crippen LogP contribution is 2.18. The average molecular weight is 283 g/mol. The smallest absolute Gasteiger partial charge is 0.328 e. The SMILES string of the molecule is CCC(NC(=O)NC(=O)C=CC(=O)O)c1nccs1. The highest BCUT2D eigenvalue weighted by atomic mass is 32.1. The van der Waals surface area contributed by atoms with Crippen LogP contribution in [0.25, 0.3) is 0 Å². The molecule has 3 amide bonds. The summed E-state index contributed by atoms with van der Waals surface area (Å²) >= 11 is 1.40. The van der Waals surface area contributed by atoms with Crippen LogP contribution >= 0.6 is 11.3 Å². The minimum absolute atomic E-state index is 0.281. The van der Waals surface area contributed by atoms with Gasteiger partial charge in [0.1, 0.15) is 5.01 Å². The van der Waals surface area contributed by atoms with E-state index in [0.717, 1.165) is 11.1 Å². The molecule has 0 spiro atoms. The number of imide groups is 1. The number of carbonyl (C=O) groups is 3. The first-order valence-corrected chi connectivity index (χ1v) is 6.32. The standard InChI is InChI=1S/C11H13N3O4S/c1-2-7(10-12-5-6-19-10)13-11(18)14-8(15)3-4-9(16)17/h3-7H,2H2,1H3,(H,16,17)(H2,13,14,15,18). The molecule has 0 saturated heterocycles. The molecule has 0 aliphatic rings. The molecule has 19 heavy (non-hydrogen) atoms. The molecule has 0 aliphatic carbocycles. The van der Waals surface area contributed by atoms with Gasteiger partial charge >= 0.3 is 12.0 Å². The summed E-state index contributed by atoms with van der Waals surface area (Å²) in [6.45, 7) is 1.87. The second-order valence-corrected chi connectivity index (χ2v) is 4.39. The van der Waals surface area contributed by atoms with Crippen LogP contribution in [0.2, 0.25) is 0 Å². The lowest BCUT2D eigenvalue weighted by Gasteiger charge is -2.13. The number of rotatable bonds is 5. The maximum Gasteiger partial charge on any atom is 0.328 e. The summed E-state index contributed by atoms with van der Waals surface area (Å²) in [5.74, 6) is -2.06. The van der Waals surface area contributed by atoms with Crippen molar-refractivity contribution in [3.8, 4) is 0 Å². The van der Waals surface area contributed by atoms with Gasteiger partial charge in [0, 0.05) is 23.7 Å². The molecule has 1 rings (SSSR count). The molecule has 1 atom stereocenters. The number of amides is 3. The third-order valence-electron chi connectivity index (χ3n) is 2.08. The Bertz CT molecular complexity index is 484. The fourth-order valence-corrected chi connectivity index (χ4v) is 2.01. The molecule has 102 valence electrons. The van der Waals surface area contributed by atoms with Crippen molar-refractivity contribution in [3.05, 3.63) is 28.7 Å². The Morgan fingerprint density at radius 3 is 2.74 bits per heavy atom. The van der Waals surface area contributed by atoms with Gasteiger partial charge < -0.3 is 10.4 Å². The van der Waals surface area contributed by atoms with E-state index in [9.17, 15) is 14.4 Å². The van der Waals surface area contributed by atoms with E-state index in [1.807, 2.05) is 12.2 Å². The third kappa shape index (κ3) is 5.30. The number of urea groups is 1. The Kier molecular flexibility index (Phi) is 5.68. The molecule has 0 aromatic carbocycles. The van der Waals surface area contributed by atoms with Gasteiger partial charge in [-0.15, -0.1) is 11.3 Å². The Balaban J connectivity index is 2.50. The number of carbonyl (C=O) groups excluding carboxylic acids is 2. The summed E-state index contributed by atoms with van der Waals surface area (Å²) in [6, 6.07) is -0.974. The summed E-state index contributed by atoms with van der Waals surface area (Å²) in [5, 5.41) is 15.4. The van der Waals surface area contributed by atoms with E-state index >= 15 is 0 Å². The van der Waals surface area contributed by atoms with Crippen molar-refractivity contribution in [2.75, 3.05) is 0 Å². The van der Waals surface area contributed by atoms with Crippen molar-refractivity contribution in [1.82, 2.24) is 15.6 Å². The monoisotopic (exact) mass is 283 g/mol. The Morgan fingerprint density at radius 1 is 1.47 bits per heavy atom. The highest BCUT2D eigenvalue weighted by molar-refractivity contribution is 7.09. The second-order valence-electron chi connectivity index (χ2n) is 3.47. The van der Waals surface area contributed by atoms with Crippen LogP contribution in [0.4, 0.5) is 4.79 Å². The molecule has 8 heteroatoms. The van der Waals surface area contributed by atoms with Crippen LogP contribution in [0.3, 0.4) is 0 Å². The molecule has 1 heterocycles. The van der Waals surface area contributed by atoms with Crippen molar-refractivity contribution in [3.63, 3.8) is 0 Å². The van der Waals surface area contributed by atoms with Crippen LogP contribution in [-0.2, 0) is 9.59 Å². The zero-order chi connectivity index (χ0) is 14.3. The van der Waals surface area contributed by atoms with Gasteiger partial charge in [0.15, 0.2) is 0 Å². The van der Waals surface area contributed by atoms with Gasteiger partial charge in [-0.2, -0.15) is 0 Å². The predicted octanol–water partition coefficient (Wildman–Crippen LogP) is 1.06. The lowest BCUT2D eigenvalue weighted by Crippen LogP contribution is -2.40. The minimum atomic E-state index is -1.26. The Labute approximate surface area is 113 Å². The largest absolute Gasteiger partial charge is 0.478 e. The van der Waals surface area contributed by atoms with E-state index in [-0.39, 0.29) is 6.04 Å². The highest BCUT2D eigenvalue weighted by Gasteiger charge is 2.15. The summed E-state index contributed by atoms with van der Waals surface area (Å²) < 4.78 is 0. The molecule has 0 bridgehead atoms. The van der Waals surface area contributed by atoms with Crippen LogP contribution < -0.4 is 10.6 Å². The van der Waals surface area contributed by atoms with Crippen LogP contribution in [0.1, 0.15) is 24.4 Å². The first kappa shape index (κ1) is 14.8. The first-order valence-electron chi connectivity index (χ1n) is 5.44. The normalized spacial score (nSPS) is 12.1. The fraction of sp³-hybridized carbons (Fsp3) is 0.273.